The third-order valence-electron chi connectivity index (χ3n) is 7.37. The molecule has 5 rings (SSSR count). The van der Waals surface area contributed by atoms with Crippen LogP contribution in [0.5, 0.6) is 0 Å². The first-order valence-electron chi connectivity index (χ1n) is 10.7. The van der Waals surface area contributed by atoms with Crippen molar-refractivity contribution in [1.29, 1.82) is 0 Å². The van der Waals surface area contributed by atoms with Gasteiger partial charge in [0.25, 0.3) is 0 Å². The lowest BCUT2D eigenvalue weighted by Gasteiger charge is -2.27. The number of aliphatic hydroxyl groups excluding tert-OH is 2. The summed E-state index contributed by atoms with van der Waals surface area (Å²) in [6.45, 7) is 1.58. The number of esters is 1. The average Bonchev–Trinajstić information content (AvgIpc) is 3.47. The molecule has 1 aliphatic heterocycles. The van der Waals surface area contributed by atoms with E-state index >= 15 is 0 Å². The molecule has 9 nitrogen and oxygen atoms in total. The highest BCUT2D eigenvalue weighted by Crippen LogP contribution is 2.47. The monoisotopic (exact) mass is 416 g/mol. The number of nitrogen functional groups attached to an aromatic ring is 1. The van der Waals surface area contributed by atoms with E-state index in [9.17, 15) is 15.0 Å². The summed E-state index contributed by atoms with van der Waals surface area (Å²) >= 11 is 0. The number of aliphatic hydroxyl groups is 2. The maximum Gasteiger partial charge on any atom is 0.309 e. The lowest BCUT2D eigenvalue weighted by atomic mass is 9.93. The fourth-order valence-corrected chi connectivity index (χ4v) is 5.69. The third kappa shape index (κ3) is 2.99. The Hall–Kier alpha value is -2.23. The van der Waals surface area contributed by atoms with Crippen LogP contribution in [-0.4, -0.2) is 55.7 Å². The molecule has 2 saturated carbocycles. The van der Waals surface area contributed by atoms with Crippen molar-refractivity contribution in [2.24, 2.45) is 17.8 Å². The lowest BCUT2D eigenvalue weighted by molar-refractivity contribution is -0.156. The first kappa shape index (κ1) is 19.7. The summed E-state index contributed by atoms with van der Waals surface area (Å²) < 4.78 is 13.1. The minimum atomic E-state index is -1.24. The Kier molecular flexibility index (Phi) is 4.72. The number of anilines is 1. The fraction of sp³-hybridized carbons (Fsp3) is 0.667. The number of ether oxygens (including phenoxy) is 2. The van der Waals surface area contributed by atoms with Gasteiger partial charge in [0, 0.05) is 0 Å². The van der Waals surface area contributed by atoms with E-state index in [1.165, 1.54) is 25.6 Å². The van der Waals surface area contributed by atoms with Crippen molar-refractivity contribution in [3.8, 4) is 0 Å². The summed E-state index contributed by atoms with van der Waals surface area (Å²) in [6.07, 6.45) is 3.55. The van der Waals surface area contributed by atoms with Crippen LogP contribution in [-0.2, 0) is 19.9 Å². The highest BCUT2D eigenvalue weighted by Gasteiger charge is 2.54. The van der Waals surface area contributed by atoms with Gasteiger partial charge >= 0.3 is 5.97 Å². The lowest BCUT2D eigenvalue weighted by Crippen LogP contribution is -2.39. The summed E-state index contributed by atoms with van der Waals surface area (Å²) in [4.78, 5) is 16.5. The van der Waals surface area contributed by atoms with Gasteiger partial charge in [-0.3, -0.25) is 4.79 Å². The van der Waals surface area contributed by atoms with Crippen molar-refractivity contribution in [1.82, 2.24) is 14.6 Å². The summed E-state index contributed by atoms with van der Waals surface area (Å²) in [6, 6.07) is 3.48. The van der Waals surface area contributed by atoms with Gasteiger partial charge < -0.3 is 25.4 Å². The van der Waals surface area contributed by atoms with Crippen LogP contribution in [0.1, 0.15) is 44.7 Å². The Balaban J connectivity index is 1.28. The topological polar surface area (TPSA) is 132 Å². The summed E-state index contributed by atoms with van der Waals surface area (Å²) in [5, 5.41) is 25.6. The Morgan fingerprint density at radius 2 is 2.07 bits per heavy atom. The molecule has 30 heavy (non-hydrogen) atoms. The fourth-order valence-electron chi connectivity index (χ4n) is 5.69. The molecule has 162 valence electrons. The van der Waals surface area contributed by atoms with Crippen molar-refractivity contribution < 1.29 is 24.5 Å². The van der Waals surface area contributed by atoms with Crippen LogP contribution in [0.3, 0.4) is 0 Å². The Morgan fingerprint density at radius 3 is 2.80 bits per heavy atom. The zero-order chi connectivity index (χ0) is 21.0. The number of nitrogens with two attached hydrogens (primary N) is 1. The highest BCUT2D eigenvalue weighted by atomic mass is 16.6. The van der Waals surface area contributed by atoms with E-state index in [0.29, 0.717) is 28.9 Å². The van der Waals surface area contributed by atoms with Crippen molar-refractivity contribution >= 4 is 17.3 Å². The van der Waals surface area contributed by atoms with Gasteiger partial charge in [-0.1, -0.05) is 19.3 Å². The SMILES string of the molecule is C[C@@]1(c2ccc3c(N)ncnn23)O[C@H](COC(=O)C2CC3CCCC3C2)[C@@H](O)[C@H]1O. The molecule has 0 amide bonds. The number of nitrogens with zero attached hydrogens (tertiary/aromatic N) is 3. The predicted octanol–water partition coefficient (Wildman–Crippen LogP) is 1.02. The summed E-state index contributed by atoms with van der Waals surface area (Å²) in [7, 11) is 0. The number of rotatable bonds is 4. The second-order valence-electron chi connectivity index (χ2n) is 9.11. The maximum absolute atomic E-state index is 12.6. The average molecular weight is 416 g/mol. The van der Waals surface area contributed by atoms with E-state index in [2.05, 4.69) is 10.1 Å². The van der Waals surface area contributed by atoms with Gasteiger partial charge in [0.2, 0.25) is 0 Å². The minimum absolute atomic E-state index is 0.0654. The molecule has 1 saturated heterocycles. The Morgan fingerprint density at radius 1 is 1.33 bits per heavy atom. The first-order chi connectivity index (χ1) is 14.4. The van der Waals surface area contributed by atoms with E-state index in [1.54, 1.807) is 23.6 Å². The molecule has 2 aliphatic carbocycles. The second-order valence-corrected chi connectivity index (χ2v) is 9.11. The van der Waals surface area contributed by atoms with Crippen LogP contribution in [0.2, 0.25) is 0 Å². The van der Waals surface area contributed by atoms with Crippen molar-refractivity contribution in [2.45, 2.75) is 62.9 Å². The van der Waals surface area contributed by atoms with E-state index in [4.69, 9.17) is 15.2 Å². The zero-order valence-electron chi connectivity index (χ0n) is 17.0. The molecule has 0 bridgehead atoms. The van der Waals surface area contributed by atoms with Crippen molar-refractivity contribution in [3.63, 3.8) is 0 Å². The Labute approximate surface area is 174 Å². The van der Waals surface area contributed by atoms with Crippen LogP contribution in [0.4, 0.5) is 5.82 Å². The molecule has 0 aromatic carbocycles. The van der Waals surface area contributed by atoms with Crippen LogP contribution < -0.4 is 5.73 Å². The molecular weight excluding hydrogens is 388 g/mol. The summed E-state index contributed by atoms with van der Waals surface area (Å²) in [5.41, 5.74) is 5.77. The molecule has 2 aromatic heterocycles. The third-order valence-corrected chi connectivity index (χ3v) is 7.37. The normalized spacial score (nSPS) is 38.2. The number of carbonyl (C=O) groups excluding carboxylic acids is 1. The zero-order valence-corrected chi connectivity index (χ0v) is 17.0. The molecule has 4 N–H and O–H groups in total. The molecule has 0 radical (unpaired) electrons. The molecule has 0 spiro atoms. The van der Waals surface area contributed by atoms with E-state index in [0.717, 1.165) is 12.8 Å². The van der Waals surface area contributed by atoms with Gasteiger partial charge in [-0.25, -0.2) is 9.50 Å². The molecule has 2 unspecified atom stereocenters. The number of hydrogen-bond donors (Lipinski definition) is 3. The first-order valence-corrected chi connectivity index (χ1v) is 10.7. The number of aromatic nitrogens is 3. The highest BCUT2D eigenvalue weighted by molar-refractivity contribution is 5.73. The molecule has 9 heteroatoms. The van der Waals surface area contributed by atoms with Crippen molar-refractivity contribution in [2.75, 3.05) is 12.3 Å². The van der Waals surface area contributed by atoms with Gasteiger partial charge in [-0.2, -0.15) is 5.10 Å². The van der Waals surface area contributed by atoms with Gasteiger partial charge in [0.05, 0.1) is 11.6 Å². The molecule has 3 aliphatic rings. The quantitative estimate of drug-likeness (QED) is 0.629. The predicted molar refractivity (Wildman–Crippen MR) is 106 cm³/mol. The van der Waals surface area contributed by atoms with Crippen LogP contribution in [0.15, 0.2) is 18.5 Å². The van der Waals surface area contributed by atoms with Crippen LogP contribution in [0, 0.1) is 17.8 Å². The molecular formula is C21H28N4O5. The summed E-state index contributed by atoms with van der Waals surface area (Å²) in [5.74, 6) is 1.32. The second kappa shape index (κ2) is 7.18. The standard InChI is InChI=1S/C21H28N4O5/c1-21(16-6-5-14-19(22)23-10-24-25(14)16)18(27)17(26)15(30-21)9-29-20(28)13-7-11-3-2-4-12(11)8-13/h5-6,10-13,15,17-18,26-27H,2-4,7-9H2,1H3,(H2,22,23,24)/t11?,12?,13?,15-,17-,18-,21+/m1/s1. The largest absolute Gasteiger partial charge is 0.463 e. The maximum atomic E-state index is 12.6. The van der Waals surface area contributed by atoms with E-state index in [-0.39, 0.29) is 18.5 Å². The van der Waals surface area contributed by atoms with E-state index in [1.807, 2.05) is 0 Å². The number of carbonyl (C=O) groups is 1. The van der Waals surface area contributed by atoms with Gasteiger partial charge in [-0.05, 0) is 43.7 Å². The Bertz CT molecular complexity index is 952. The molecule has 6 atom stereocenters. The molecule has 3 fully saturated rings. The number of hydrogen-bond acceptors (Lipinski definition) is 8. The van der Waals surface area contributed by atoms with Gasteiger partial charge in [0.15, 0.2) is 5.82 Å². The van der Waals surface area contributed by atoms with Gasteiger partial charge in [0.1, 0.15) is 42.4 Å². The van der Waals surface area contributed by atoms with E-state index < -0.39 is 23.9 Å². The van der Waals surface area contributed by atoms with Crippen molar-refractivity contribution in [3.05, 3.63) is 24.2 Å². The minimum Gasteiger partial charge on any atom is -0.463 e. The molecule has 2 aromatic rings. The van der Waals surface area contributed by atoms with Crippen LogP contribution in [0.25, 0.3) is 5.52 Å². The smallest absolute Gasteiger partial charge is 0.309 e. The van der Waals surface area contributed by atoms with Crippen LogP contribution >= 0.6 is 0 Å². The molecule has 3 heterocycles. The number of fused-ring (bicyclic) bond motifs is 2. The van der Waals surface area contributed by atoms with Gasteiger partial charge in [-0.15, -0.1) is 0 Å².